The molecular weight excluding hydrogens is 512 g/mol. The lowest BCUT2D eigenvalue weighted by Gasteiger charge is -2.32. The Labute approximate surface area is 235 Å². The van der Waals surface area contributed by atoms with Gasteiger partial charge < -0.3 is 11.1 Å². The summed E-state index contributed by atoms with van der Waals surface area (Å²) in [6.45, 7) is 5.01. The number of benzene rings is 2. The molecule has 2 aromatic carbocycles. The molecule has 4 aromatic rings. The minimum Gasteiger partial charge on any atom is -0.383 e. The first kappa shape index (κ1) is 28.2. The number of hydrogen-bond acceptors (Lipinski definition) is 6. The van der Waals surface area contributed by atoms with Gasteiger partial charge in [-0.25, -0.2) is 4.98 Å². The van der Waals surface area contributed by atoms with Crippen molar-refractivity contribution in [2.24, 2.45) is 5.92 Å². The molecule has 1 aliphatic rings. The van der Waals surface area contributed by atoms with Crippen molar-refractivity contribution in [3.8, 4) is 0 Å². The van der Waals surface area contributed by atoms with Gasteiger partial charge in [-0.2, -0.15) is 0 Å². The first-order chi connectivity index (χ1) is 18.0. The maximum atomic E-state index is 12.9. The number of Topliss-reactive ketones (excluding diaryl/α,β-unsaturated/α-hetero) is 1. The maximum Gasteiger partial charge on any atom is 0.173 e. The Kier molecular flexibility index (Phi) is 9.91. The monoisotopic (exact) mass is 548 g/mol. The summed E-state index contributed by atoms with van der Waals surface area (Å²) in [7, 11) is 0. The van der Waals surface area contributed by atoms with Crippen LogP contribution in [0.3, 0.4) is 0 Å². The molecule has 2 aromatic heterocycles. The van der Waals surface area contributed by atoms with Gasteiger partial charge in [0.25, 0.3) is 0 Å². The van der Waals surface area contributed by atoms with Crippen molar-refractivity contribution >= 4 is 45.3 Å². The predicted octanol–water partition coefficient (Wildman–Crippen LogP) is 6.99. The normalized spacial score (nSPS) is 14.4. The highest BCUT2D eigenvalue weighted by atomic mass is 35.5. The third-order valence-electron chi connectivity index (χ3n) is 7.21. The molecule has 0 bridgehead atoms. The van der Waals surface area contributed by atoms with Crippen molar-refractivity contribution in [2.45, 2.75) is 46.2 Å². The Hall–Kier alpha value is -2.77. The number of aromatic nitrogens is 1. The third-order valence-corrected chi connectivity index (χ3v) is 8.83. The van der Waals surface area contributed by atoms with Gasteiger partial charge in [-0.1, -0.05) is 67.6 Å². The van der Waals surface area contributed by atoms with Crippen LogP contribution in [0.15, 0.2) is 66.9 Å². The second-order valence-electron chi connectivity index (χ2n) is 9.89. The van der Waals surface area contributed by atoms with Crippen LogP contribution in [0.2, 0.25) is 5.02 Å². The van der Waals surface area contributed by atoms with E-state index in [1.54, 1.807) is 6.20 Å². The number of nitrogens with one attached hydrogen (secondary N) is 1. The van der Waals surface area contributed by atoms with E-state index < -0.39 is 0 Å². The number of nitrogens with two attached hydrogens (primary N) is 1. The lowest BCUT2D eigenvalue weighted by atomic mass is 9.96. The molecule has 0 aliphatic carbocycles. The van der Waals surface area contributed by atoms with Crippen molar-refractivity contribution in [3.63, 3.8) is 0 Å². The van der Waals surface area contributed by atoms with Crippen LogP contribution in [0.1, 0.15) is 52.4 Å². The van der Waals surface area contributed by atoms with E-state index in [4.69, 9.17) is 17.3 Å². The lowest BCUT2D eigenvalue weighted by Crippen LogP contribution is -2.36. The highest BCUT2D eigenvalue weighted by molar-refractivity contribution is 7.14. The molecule has 38 heavy (non-hydrogen) atoms. The second kappa shape index (κ2) is 13.3. The van der Waals surface area contributed by atoms with Gasteiger partial charge in [-0.3, -0.25) is 9.69 Å². The highest BCUT2D eigenvalue weighted by Gasteiger charge is 2.20. The van der Waals surface area contributed by atoms with Crippen molar-refractivity contribution in [1.29, 1.82) is 0 Å². The molecule has 7 heteroatoms. The van der Waals surface area contributed by atoms with Crippen molar-refractivity contribution in [1.82, 2.24) is 15.2 Å². The number of halogens is 1. The second-order valence-corrected chi connectivity index (χ2v) is 11.4. The molecule has 200 valence electrons. The average Bonchev–Trinajstić information content (AvgIpc) is 3.29. The number of anilines is 1. The van der Waals surface area contributed by atoms with Crippen LogP contribution in [0.5, 0.6) is 0 Å². The number of hydrogen-bond donors (Lipinski definition) is 2. The van der Waals surface area contributed by atoms with E-state index in [1.165, 1.54) is 29.7 Å². The highest BCUT2D eigenvalue weighted by Crippen LogP contribution is 2.29. The van der Waals surface area contributed by atoms with Crippen molar-refractivity contribution in [3.05, 3.63) is 92.8 Å². The zero-order chi connectivity index (χ0) is 25.6. The van der Waals surface area contributed by atoms with Crippen LogP contribution in [0.4, 0.5) is 5.82 Å². The standard InChI is InChI=1S/C30H33ClN4OS.CH4/c31-26-17-28(27(36)9-7-21-6-8-25-24(16-21)10-13-34-30(25)32)37-29(26)19-33-18-22-11-14-35(15-12-22)20-23-4-2-1-3-5-23;/h1-6,8,10,13,16-17,22,33H,7,9,11-12,14-15,18-20H2,(H2,32,34);1H4. The number of aryl methyl sites for hydroxylation is 1. The van der Waals surface area contributed by atoms with Gasteiger partial charge in [0.15, 0.2) is 5.78 Å². The molecule has 1 saturated heterocycles. The molecular formula is C31H37ClN4OS. The number of fused-ring (bicyclic) bond motifs is 1. The first-order valence-electron chi connectivity index (χ1n) is 13.0. The Morgan fingerprint density at radius 3 is 2.66 bits per heavy atom. The van der Waals surface area contributed by atoms with Crippen LogP contribution in [-0.4, -0.2) is 35.3 Å². The summed E-state index contributed by atoms with van der Waals surface area (Å²) in [6, 6.07) is 20.6. The van der Waals surface area contributed by atoms with E-state index in [1.807, 2.05) is 24.3 Å². The number of carbonyl (C=O) groups is 1. The largest absolute Gasteiger partial charge is 0.383 e. The maximum absolute atomic E-state index is 12.9. The number of thiophene rings is 1. The molecule has 0 amide bonds. The van der Waals surface area contributed by atoms with Gasteiger partial charge in [-0.15, -0.1) is 11.3 Å². The number of pyridine rings is 1. The van der Waals surface area contributed by atoms with Crippen LogP contribution in [0, 0.1) is 5.92 Å². The molecule has 1 aliphatic heterocycles. The quantitative estimate of drug-likeness (QED) is 0.209. The zero-order valence-corrected chi connectivity index (χ0v) is 22.5. The number of rotatable bonds is 10. The molecule has 5 nitrogen and oxygen atoms in total. The van der Waals surface area contributed by atoms with Crippen LogP contribution in [-0.2, 0) is 19.5 Å². The first-order valence-corrected chi connectivity index (χ1v) is 14.2. The fourth-order valence-electron chi connectivity index (χ4n) is 5.03. The number of ketones is 1. The Balaban J connectivity index is 0.00000336. The van der Waals surface area contributed by atoms with Gasteiger partial charge in [0.1, 0.15) is 5.82 Å². The molecule has 0 radical (unpaired) electrons. The summed E-state index contributed by atoms with van der Waals surface area (Å²) >= 11 is 8.02. The van der Waals surface area contributed by atoms with Crippen molar-refractivity contribution in [2.75, 3.05) is 25.4 Å². The van der Waals surface area contributed by atoms with Gasteiger partial charge in [0, 0.05) is 36.0 Å². The topological polar surface area (TPSA) is 71.2 Å². The number of piperidine rings is 1. The van der Waals surface area contributed by atoms with E-state index >= 15 is 0 Å². The van der Waals surface area contributed by atoms with Gasteiger partial charge in [0.05, 0.1) is 9.90 Å². The fourth-order valence-corrected chi connectivity index (χ4v) is 6.38. The Bertz CT molecular complexity index is 1350. The summed E-state index contributed by atoms with van der Waals surface area (Å²) < 4.78 is 0. The van der Waals surface area contributed by atoms with Gasteiger partial charge in [0.2, 0.25) is 0 Å². The molecule has 1 fully saturated rings. The molecule has 0 atom stereocenters. The molecule has 3 heterocycles. The third kappa shape index (κ3) is 7.20. The number of nitrogen functional groups attached to an aromatic ring is 1. The molecule has 0 spiro atoms. The number of carbonyl (C=O) groups excluding carboxylic acids is 1. The Morgan fingerprint density at radius 2 is 1.87 bits per heavy atom. The van der Waals surface area contributed by atoms with Crippen LogP contribution < -0.4 is 11.1 Å². The summed E-state index contributed by atoms with van der Waals surface area (Å²) in [5.41, 5.74) is 8.45. The lowest BCUT2D eigenvalue weighted by molar-refractivity contribution is 0.0986. The molecule has 0 saturated carbocycles. The van der Waals surface area contributed by atoms with Crippen molar-refractivity contribution < 1.29 is 4.79 Å². The van der Waals surface area contributed by atoms with E-state index in [2.05, 4.69) is 51.6 Å². The minimum atomic E-state index is 0. The number of likely N-dealkylation sites (tertiary alicyclic amines) is 1. The van der Waals surface area contributed by atoms with E-state index in [-0.39, 0.29) is 13.2 Å². The summed E-state index contributed by atoms with van der Waals surface area (Å²) in [5.74, 6) is 1.35. The molecule has 3 N–H and O–H groups in total. The smallest absolute Gasteiger partial charge is 0.173 e. The summed E-state index contributed by atoms with van der Waals surface area (Å²) in [4.78, 5) is 21.3. The van der Waals surface area contributed by atoms with Gasteiger partial charge >= 0.3 is 0 Å². The van der Waals surface area contributed by atoms with Gasteiger partial charge in [-0.05, 0) is 73.5 Å². The molecule has 5 rings (SSSR count). The van der Waals surface area contributed by atoms with E-state index in [9.17, 15) is 4.79 Å². The Morgan fingerprint density at radius 1 is 1.08 bits per heavy atom. The summed E-state index contributed by atoms with van der Waals surface area (Å²) in [5, 5.41) is 6.27. The van der Waals surface area contributed by atoms with E-state index in [0.29, 0.717) is 36.1 Å². The zero-order valence-electron chi connectivity index (χ0n) is 21.0. The van der Waals surface area contributed by atoms with Crippen LogP contribution >= 0.6 is 22.9 Å². The SMILES string of the molecule is C.Nc1nccc2cc(CCC(=O)c3cc(Cl)c(CNCC4CCN(Cc5ccccc5)CC4)s3)ccc12. The minimum absolute atomic E-state index is 0. The molecule has 0 unspecified atom stereocenters. The number of nitrogens with zero attached hydrogens (tertiary/aromatic N) is 2. The van der Waals surface area contributed by atoms with E-state index in [0.717, 1.165) is 52.3 Å². The predicted molar refractivity (Wildman–Crippen MR) is 161 cm³/mol. The van der Waals surface area contributed by atoms with Crippen LogP contribution in [0.25, 0.3) is 10.8 Å². The summed E-state index contributed by atoms with van der Waals surface area (Å²) in [6.07, 6.45) is 5.27. The fraction of sp³-hybridized carbons (Fsp3) is 0.355. The average molecular weight is 549 g/mol.